The van der Waals surface area contributed by atoms with E-state index in [4.69, 9.17) is 9.47 Å². The fourth-order valence-electron chi connectivity index (χ4n) is 9.00. The Balaban J connectivity index is 1.05. The highest BCUT2D eigenvalue weighted by Crippen LogP contribution is 2.63. The normalized spacial score (nSPS) is 37.5. The lowest BCUT2D eigenvalue weighted by Crippen LogP contribution is -2.51. The summed E-state index contributed by atoms with van der Waals surface area (Å²) in [7, 11) is 0. The average molecular weight is 516 g/mol. The van der Waals surface area contributed by atoms with E-state index in [0.29, 0.717) is 11.8 Å². The third kappa shape index (κ3) is 3.96. The number of rotatable bonds is 5. The summed E-state index contributed by atoms with van der Waals surface area (Å²) in [5.41, 5.74) is 1.23. The van der Waals surface area contributed by atoms with Crippen molar-refractivity contribution in [2.45, 2.75) is 69.2 Å². The van der Waals surface area contributed by atoms with Gasteiger partial charge in [-0.25, -0.2) is 0 Å². The van der Waals surface area contributed by atoms with E-state index >= 15 is 0 Å². The molecule has 202 valence electrons. The molecule has 38 heavy (non-hydrogen) atoms. The molecule has 2 aliphatic carbocycles. The predicted molar refractivity (Wildman–Crippen MR) is 145 cm³/mol. The van der Waals surface area contributed by atoms with Crippen molar-refractivity contribution < 1.29 is 19.4 Å². The Labute approximate surface area is 226 Å². The number of hydrogen-bond donors (Lipinski definition) is 1. The van der Waals surface area contributed by atoms with E-state index in [-0.39, 0.29) is 34.9 Å². The van der Waals surface area contributed by atoms with Crippen molar-refractivity contribution in [3.63, 3.8) is 0 Å². The first-order valence-electron chi connectivity index (χ1n) is 14.8. The summed E-state index contributed by atoms with van der Waals surface area (Å²) >= 11 is 0. The number of piperidine rings is 1. The lowest BCUT2D eigenvalue weighted by molar-refractivity contribution is -0.147. The zero-order valence-electron chi connectivity index (χ0n) is 22.6. The lowest BCUT2D eigenvalue weighted by Gasteiger charge is -2.51. The summed E-state index contributed by atoms with van der Waals surface area (Å²) in [5.74, 6) is 0.958. The van der Waals surface area contributed by atoms with Crippen LogP contribution in [0.25, 0.3) is 0 Å². The summed E-state index contributed by atoms with van der Waals surface area (Å²) < 4.78 is 12.2. The Morgan fingerprint density at radius 1 is 1.00 bits per heavy atom. The molecule has 0 aromatic heterocycles. The fraction of sp³-hybridized carbons (Fsp3) is 0.606. The highest BCUT2D eigenvalue weighted by Gasteiger charge is 2.65. The van der Waals surface area contributed by atoms with E-state index in [0.717, 1.165) is 63.1 Å². The summed E-state index contributed by atoms with van der Waals surface area (Å²) in [4.78, 5) is 15.6. The van der Waals surface area contributed by atoms with Crippen LogP contribution in [-0.4, -0.2) is 53.9 Å². The van der Waals surface area contributed by atoms with Crippen LogP contribution in [0.3, 0.4) is 0 Å². The Bertz CT molecular complexity index is 1120. The molecule has 1 N–H and O–H groups in total. The summed E-state index contributed by atoms with van der Waals surface area (Å²) in [6, 6.07) is 20.3. The molecule has 5 fully saturated rings. The van der Waals surface area contributed by atoms with Crippen molar-refractivity contribution in [2.75, 3.05) is 26.2 Å². The number of epoxide rings is 1. The molecule has 3 saturated heterocycles. The van der Waals surface area contributed by atoms with Gasteiger partial charge in [-0.3, -0.25) is 4.79 Å². The highest BCUT2D eigenvalue weighted by atomic mass is 16.6. The topological polar surface area (TPSA) is 62.3 Å². The molecule has 0 amide bonds. The maximum atomic E-state index is 13.2. The largest absolute Gasteiger partial charge is 0.462 e. The lowest BCUT2D eigenvalue weighted by atomic mass is 9.53. The van der Waals surface area contributed by atoms with Gasteiger partial charge in [0, 0.05) is 12.5 Å². The summed E-state index contributed by atoms with van der Waals surface area (Å²) in [6.07, 6.45) is 7.57. The molecule has 5 heteroatoms. The predicted octanol–water partition coefficient (Wildman–Crippen LogP) is 5.16. The van der Waals surface area contributed by atoms with Gasteiger partial charge in [0.1, 0.15) is 11.7 Å². The van der Waals surface area contributed by atoms with Crippen LogP contribution in [0.1, 0.15) is 63.0 Å². The number of carbonyl (C=O) groups is 1. The minimum Gasteiger partial charge on any atom is -0.462 e. The van der Waals surface area contributed by atoms with Gasteiger partial charge >= 0.3 is 5.97 Å². The molecular formula is C33H41NO4. The maximum Gasteiger partial charge on any atom is 0.310 e. The number of likely N-dealkylation sites (tertiary alicyclic amines) is 1. The van der Waals surface area contributed by atoms with Crippen LogP contribution in [0.2, 0.25) is 0 Å². The summed E-state index contributed by atoms with van der Waals surface area (Å²) in [6.45, 7) is 5.88. The van der Waals surface area contributed by atoms with Crippen molar-refractivity contribution in [3.8, 4) is 0 Å². The first-order chi connectivity index (χ1) is 18.4. The van der Waals surface area contributed by atoms with E-state index in [1.165, 1.54) is 19.3 Å². The van der Waals surface area contributed by atoms with E-state index in [2.05, 4.69) is 11.8 Å². The Kier molecular flexibility index (Phi) is 5.99. The SMILES string of the molecule is C[C@]12CCC[C@]3(CO3)[C@H]1C[C@@H]1[C@@H](C2)OC(=O)[C@@H]1CN1CCC(C(O)(c2ccccc2)c2ccccc2)CC1. The molecule has 2 aromatic carbocycles. The third-order valence-corrected chi connectivity index (χ3v) is 11.1. The van der Waals surface area contributed by atoms with Gasteiger partial charge in [-0.15, -0.1) is 0 Å². The van der Waals surface area contributed by atoms with Gasteiger partial charge in [0.25, 0.3) is 0 Å². The molecule has 5 nitrogen and oxygen atoms in total. The molecular weight excluding hydrogens is 474 g/mol. The molecule has 2 saturated carbocycles. The van der Waals surface area contributed by atoms with E-state index in [1.807, 2.05) is 60.7 Å². The zero-order chi connectivity index (χ0) is 26.0. The average Bonchev–Trinajstić information content (AvgIpc) is 3.65. The van der Waals surface area contributed by atoms with E-state index < -0.39 is 5.60 Å². The molecule has 0 radical (unpaired) electrons. The highest BCUT2D eigenvalue weighted by molar-refractivity contribution is 5.75. The van der Waals surface area contributed by atoms with Gasteiger partial charge in [-0.2, -0.15) is 0 Å². The first kappa shape index (κ1) is 24.8. The first-order valence-corrected chi connectivity index (χ1v) is 14.8. The van der Waals surface area contributed by atoms with Crippen LogP contribution in [-0.2, 0) is 19.9 Å². The molecule has 3 heterocycles. The maximum absolute atomic E-state index is 13.2. The Morgan fingerprint density at radius 3 is 2.24 bits per heavy atom. The van der Waals surface area contributed by atoms with Crippen molar-refractivity contribution >= 4 is 5.97 Å². The molecule has 7 rings (SSSR count). The molecule has 1 spiro atoms. The molecule has 3 aliphatic heterocycles. The van der Waals surface area contributed by atoms with Crippen molar-refractivity contribution in [1.82, 2.24) is 4.90 Å². The van der Waals surface area contributed by atoms with Crippen LogP contribution in [0.4, 0.5) is 0 Å². The molecule has 0 unspecified atom stereocenters. The van der Waals surface area contributed by atoms with Crippen LogP contribution in [0.5, 0.6) is 0 Å². The Morgan fingerprint density at radius 2 is 1.63 bits per heavy atom. The second-order valence-corrected chi connectivity index (χ2v) is 13.2. The number of benzene rings is 2. The van der Waals surface area contributed by atoms with Crippen molar-refractivity contribution in [2.24, 2.45) is 29.1 Å². The van der Waals surface area contributed by atoms with Crippen molar-refractivity contribution in [1.29, 1.82) is 0 Å². The molecule has 5 aliphatic rings. The van der Waals surface area contributed by atoms with Gasteiger partial charge in [0.05, 0.1) is 18.1 Å². The second kappa shape index (κ2) is 9.18. The number of ether oxygens (including phenoxy) is 2. The minimum absolute atomic E-state index is 0.0141. The number of aliphatic hydroxyl groups is 1. The summed E-state index contributed by atoms with van der Waals surface area (Å²) in [5, 5.41) is 12.2. The van der Waals surface area contributed by atoms with E-state index in [1.54, 1.807) is 0 Å². The number of fused-ring (bicyclic) bond motifs is 3. The number of hydrogen-bond acceptors (Lipinski definition) is 5. The van der Waals surface area contributed by atoms with E-state index in [9.17, 15) is 9.90 Å². The smallest absolute Gasteiger partial charge is 0.310 e. The monoisotopic (exact) mass is 515 g/mol. The quantitative estimate of drug-likeness (QED) is 0.440. The molecule has 6 atom stereocenters. The zero-order valence-corrected chi connectivity index (χ0v) is 22.6. The Hall–Kier alpha value is -2.21. The van der Waals surface area contributed by atoms with Gasteiger partial charge < -0.3 is 19.5 Å². The number of carbonyl (C=O) groups excluding carboxylic acids is 1. The standard InChI is InChI=1S/C33H41NO4/c1-31-15-8-16-32(22-37-32)29(31)19-26-27(30(35)38-28(26)20-31)21-34-17-13-25(14-18-34)33(36,23-9-4-2-5-10-23)24-11-6-3-7-12-24/h2-7,9-12,25-29,36H,8,13-22H2,1H3/t26-,27+,28+,29-,31+,32-/m0/s1. The second-order valence-electron chi connectivity index (χ2n) is 13.2. The third-order valence-electron chi connectivity index (χ3n) is 11.1. The molecule has 0 bridgehead atoms. The van der Waals surface area contributed by atoms with Crippen LogP contribution < -0.4 is 0 Å². The van der Waals surface area contributed by atoms with Gasteiger partial charge in [0.2, 0.25) is 0 Å². The van der Waals surface area contributed by atoms with Crippen LogP contribution in [0.15, 0.2) is 60.7 Å². The van der Waals surface area contributed by atoms with Crippen molar-refractivity contribution in [3.05, 3.63) is 71.8 Å². The molecule has 2 aromatic rings. The minimum atomic E-state index is -1.01. The van der Waals surface area contributed by atoms with Gasteiger partial charge in [-0.1, -0.05) is 67.6 Å². The van der Waals surface area contributed by atoms with Gasteiger partial charge in [0.15, 0.2) is 0 Å². The number of esters is 1. The van der Waals surface area contributed by atoms with Crippen LogP contribution in [0, 0.1) is 29.1 Å². The van der Waals surface area contributed by atoms with Gasteiger partial charge in [-0.05, 0) is 86.4 Å². The number of nitrogens with zero attached hydrogens (tertiary/aromatic N) is 1. The van der Waals surface area contributed by atoms with Crippen LogP contribution >= 0.6 is 0 Å². The fourth-order valence-corrected chi connectivity index (χ4v) is 9.00.